The number of aryl methyl sites for hydroxylation is 1. The molecule has 1 aromatic rings. The third-order valence-electron chi connectivity index (χ3n) is 2.40. The van der Waals surface area contributed by atoms with Crippen LogP contribution in [0.4, 0.5) is 0 Å². The smallest absolute Gasteiger partial charge is 0.389 e. The van der Waals surface area contributed by atoms with E-state index in [1.165, 1.54) is 11.1 Å². The maximum Gasteiger partial charge on any atom is 0.389 e. The molecule has 95 valence electrons. The largest absolute Gasteiger partial charge is 0.393 e. The summed E-state index contributed by atoms with van der Waals surface area (Å²) < 4.78 is 11.6. The minimum atomic E-state index is -1.13. The summed E-state index contributed by atoms with van der Waals surface area (Å²) in [6.07, 6.45) is 2.11. The molecule has 1 aromatic carbocycles. The average Bonchev–Trinajstić information content (AvgIpc) is 2.35. The van der Waals surface area contributed by atoms with Crippen molar-refractivity contribution in [3.05, 3.63) is 35.4 Å². The minimum Gasteiger partial charge on any atom is -0.393 e. The topological polar surface area (TPSA) is 18.5 Å². The molecule has 0 aromatic heterocycles. The van der Waals surface area contributed by atoms with Crippen molar-refractivity contribution >= 4 is 9.28 Å². The molecule has 3 heteroatoms. The molecule has 0 bridgehead atoms. The van der Waals surface area contributed by atoms with Gasteiger partial charge in [0.25, 0.3) is 0 Å². The van der Waals surface area contributed by atoms with E-state index >= 15 is 0 Å². The van der Waals surface area contributed by atoms with Crippen LogP contribution in [0.1, 0.15) is 37.8 Å². The van der Waals surface area contributed by atoms with Crippen LogP contribution in [0.25, 0.3) is 0 Å². The van der Waals surface area contributed by atoms with Gasteiger partial charge in [0.15, 0.2) is 0 Å². The summed E-state index contributed by atoms with van der Waals surface area (Å²) in [5, 5.41) is 0. The molecule has 0 unspecified atom stereocenters. The third-order valence-corrected chi connectivity index (χ3v) is 4.15. The van der Waals surface area contributed by atoms with Crippen LogP contribution in [-0.2, 0) is 14.9 Å². The van der Waals surface area contributed by atoms with E-state index in [0.717, 1.165) is 32.1 Å². The number of hydrogen-bond donors (Lipinski definition) is 0. The Labute approximate surface area is 107 Å². The summed E-state index contributed by atoms with van der Waals surface area (Å²) in [5.74, 6) is 0. The van der Waals surface area contributed by atoms with E-state index in [1.54, 1.807) is 0 Å². The van der Waals surface area contributed by atoms with E-state index in [0.29, 0.717) is 0 Å². The lowest BCUT2D eigenvalue weighted by atomic mass is 10.2. The molecule has 0 atom stereocenters. The summed E-state index contributed by atoms with van der Waals surface area (Å²) in [6, 6.07) is 9.57. The molecule has 0 aliphatic rings. The van der Waals surface area contributed by atoms with Crippen LogP contribution in [0.2, 0.25) is 0 Å². The maximum atomic E-state index is 5.81. The lowest BCUT2D eigenvalue weighted by Crippen LogP contribution is -2.27. The van der Waals surface area contributed by atoms with Gasteiger partial charge in [0.2, 0.25) is 0 Å². The SMILES string of the molecule is CCCO[Si](Cc1ccc(C)cc1)OCCC. The van der Waals surface area contributed by atoms with Crippen LogP contribution in [-0.4, -0.2) is 22.5 Å². The highest BCUT2D eigenvalue weighted by Crippen LogP contribution is 2.07. The van der Waals surface area contributed by atoms with Gasteiger partial charge in [0.1, 0.15) is 0 Å². The van der Waals surface area contributed by atoms with E-state index in [9.17, 15) is 0 Å². The van der Waals surface area contributed by atoms with Gasteiger partial charge in [-0.3, -0.25) is 0 Å². The summed E-state index contributed by atoms with van der Waals surface area (Å²) in [4.78, 5) is 0. The Kier molecular flexibility index (Phi) is 7.16. The zero-order chi connectivity index (χ0) is 12.5. The van der Waals surface area contributed by atoms with E-state index in [-0.39, 0.29) is 0 Å². The zero-order valence-corrected chi connectivity index (χ0v) is 12.2. The van der Waals surface area contributed by atoms with Crippen molar-refractivity contribution in [2.45, 2.75) is 39.7 Å². The lowest BCUT2D eigenvalue weighted by Gasteiger charge is -2.14. The fourth-order valence-corrected chi connectivity index (χ4v) is 3.17. The predicted octanol–water partition coefficient (Wildman–Crippen LogP) is 3.42. The van der Waals surface area contributed by atoms with Crippen molar-refractivity contribution in [2.75, 3.05) is 13.2 Å². The molecule has 2 nitrogen and oxygen atoms in total. The normalized spacial score (nSPS) is 11.1. The van der Waals surface area contributed by atoms with Gasteiger partial charge in [-0.1, -0.05) is 43.7 Å². The van der Waals surface area contributed by atoms with Crippen molar-refractivity contribution < 1.29 is 8.85 Å². The Morgan fingerprint density at radius 3 is 1.94 bits per heavy atom. The van der Waals surface area contributed by atoms with Crippen molar-refractivity contribution in [2.24, 2.45) is 0 Å². The van der Waals surface area contributed by atoms with Crippen LogP contribution in [0.5, 0.6) is 0 Å². The van der Waals surface area contributed by atoms with Crippen molar-refractivity contribution in [3.63, 3.8) is 0 Å². The predicted molar refractivity (Wildman–Crippen MR) is 73.1 cm³/mol. The molecular weight excluding hydrogens is 228 g/mol. The first-order valence-electron chi connectivity index (χ1n) is 6.43. The third kappa shape index (κ3) is 6.01. The molecule has 0 N–H and O–H groups in total. The van der Waals surface area contributed by atoms with Crippen molar-refractivity contribution in [1.82, 2.24) is 0 Å². The lowest BCUT2D eigenvalue weighted by molar-refractivity contribution is 0.196. The highest BCUT2D eigenvalue weighted by atomic mass is 28.3. The van der Waals surface area contributed by atoms with Gasteiger partial charge < -0.3 is 8.85 Å². The molecule has 0 fully saturated rings. The van der Waals surface area contributed by atoms with Gasteiger partial charge in [-0.25, -0.2) is 0 Å². The summed E-state index contributed by atoms with van der Waals surface area (Å²) in [5.41, 5.74) is 2.61. The molecule has 0 heterocycles. The molecule has 0 amide bonds. The average molecular weight is 251 g/mol. The van der Waals surface area contributed by atoms with Crippen LogP contribution in [0.15, 0.2) is 24.3 Å². The minimum absolute atomic E-state index is 0.809. The van der Waals surface area contributed by atoms with Gasteiger partial charge in [-0.05, 0) is 25.3 Å². The second-order valence-electron chi connectivity index (χ2n) is 4.23. The highest BCUT2D eigenvalue weighted by molar-refractivity contribution is 6.43. The van der Waals surface area contributed by atoms with Crippen LogP contribution < -0.4 is 0 Å². The Morgan fingerprint density at radius 2 is 1.47 bits per heavy atom. The molecular formula is C14H23O2Si. The van der Waals surface area contributed by atoms with Gasteiger partial charge in [-0.15, -0.1) is 0 Å². The van der Waals surface area contributed by atoms with E-state index in [2.05, 4.69) is 45.0 Å². The van der Waals surface area contributed by atoms with Crippen molar-refractivity contribution in [3.8, 4) is 0 Å². The summed E-state index contributed by atoms with van der Waals surface area (Å²) in [6.45, 7) is 7.99. The van der Waals surface area contributed by atoms with Crippen LogP contribution >= 0.6 is 0 Å². The first-order valence-corrected chi connectivity index (χ1v) is 7.95. The Hall–Kier alpha value is -0.643. The standard InChI is InChI=1S/C14H23O2Si/c1-4-10-15-17(16-11-5-2)12-14-8-6-13(3)7-9-14/h6-9H,4-5,10-12H2,1-3H3. The van der Waals surface area contributed by atoms with Gasteiger partial charge in [0, 0.05) is 19.3 Å². The second-order valence-corrected chi connectivity index (χ2v) is 5.91. The van der Waals surface area contributed by atoms with Crippen LogP contribution in [0.3, 0.4) is 0 Å². The summed E-state index contributed by atoms with van der Waals surface area (Å²) >= 11 is 0. The molecule has 0 aliphatic carbocycles. The first kappa shape index (κ1) is 14.4. The number of hydrogen-bond acceptors (Lipinski definition) is 2. The zero-order valence-electron chi connectivity index (χ0n) is 11.2. The Balaban J connectivity index is 2.48. The van der Waals surface area contributed by atoms with Gasteiger partial charge >= 0.3 is 9.28 Å². The van der Waals surface area contributed by atoms with Gasteiger partial charge in [0.05, 0.1) is 0 Å². The molecule has 1 radical (unpaired) electrons. The highest BCUT2D eigenvalue weighted by Gasteiger charge is 2.15. The van der Waals surface area contributed by atoms with E-state index in [4.69, 9.17) is 8.85 Å². The van der Waals surface area contributed by atoms with Crippen LogP contribution in [0, 0.1) is 6.92 Å². The Bertz CT molecular complexity index is 290. The fourth-order valence-electron chi connectivity index (χ4n) is 1.45. The van der Waals surface area contributed by atoms with Crippen molar-refractivity contribution in [1.29, 1.82) is 0 Å². The molecule has 0 saturated carbocycles. The molecule has 17 heavy (non-hydrogen) atoms. The van der Waals surface area contributed by atoms with Gasteiger partial charge in [-0.2, -0.15) is 0 Å². The fraction of sp³-hybridized carbons (Fsp3) is 0.571. The quantitative estimate of drug-likeness (QED) is 0.659. The molecule has 1 rings (SSSR count). The van der Waals surface area contributed by atoms with E-state index < -0.39 is 9.28 Å². The maximum absolute atomic E-state index is 5.81. The molecule has 0 aliphatic heterocycles. The number of benzene rings is 1. The van der Waals surface area contributed by atoms with E-state index in [1.807, 2.05) is 0 Å². The first-order chi connectivity index (χ1) is 8.26. The molecule has 0 saturated heterocycles. The Morgan fingerprint density at radius 1 is 0.941 bits per heavy atom. The number of rotatable bonds is 8. The second kappa shape index (κ2) is 8.45. The monoisotopic (exact) mass is 251 g/mol. The molecule has 0 spiro atoms. The summed E-state index contributed by atoms with van der Waals surface area (Å²) in [7, 11) is -1.13.